The van der Waals surface area contributed by atoms with Crippen LogP contribution in [0.1, 0.15) is 16.8 Å². The predicted octanol–water partition coefficient (Wildman–Crippen LogP) is 2.50. The Balaban J connectivity index is 2.41. The van der Waals surface area contributed by atoms with Crippen molar-refractivity contribution in [2.24, 2.45) is 7.05 Å². The van der Waals surface area contributed by atoms with E-state index in [9.17, 15) is 13.2 Å². The van der Waals surface area contributed by atoms with Gasteiger partial charge in [-0.15, -0.1) is 0 Å². The second-order valence-corrected chi connectivity index (χ2v) is 7.54. The van der Waals surface area contributed by atoms with Gasteiger partial charge in [-0.1, -0.05) is 17.7 Å². The largest absolute Gasteiger partial charge is 0.310 e. The monoisotopic (exact) mass is 330 g/mol. The number of rotatable bonds is 2. The zero-order valence-corrected chi connectivity index (χ0v) is 14.3. The highest BCUT2D eigenvalue weighted by atomic mass is 32.2. The molecule has 0 amide bonds. The number of nitrogens with zero attached hydrogens (tertiary/aromatic N) is 2. The molecule has 3 rings (SSSR count). The molecule has 0 spiro atoms. The second-order valence-electron chi connectivity index (χ2n) is 5.76. The Kier molecular flexibility index (Phi) is 3.44. The smallest absolute Gasteiger partial charge is 0.268 e. The van der Waals surface area contributed by atoms with Gasteiger partial charge in [0.1, 0.15) is 0 Å². The molecule has 0 N–H and O–H groups in total. The molecule has 5 nitrogen and oxygen atoms in total. The molecule has 0 atom stereocenters. The standard InChI is InChI=1S/C17H18N2O3S/c1-11-5-7-14(8-6-11)23(21,22)19-13(3)12(2)17-15(19)9-10-16(20)18(17)4/h5-10H,1-4H3. The summed E-state index contributed by atoms with van der Waals surface area (Å²) in [4.78, 5) is 12.1. The van der Waals surface area contributed by atoms with Crippen LogP contribution in [0.2, 0.25) is 0 Å². The molecule has 1 aromatic carbocycles. The topological polar surface area (TPSA) is 61.1 Å². The summed E-state index contributed by atoms with van der Waals surface area (Å²) < 4.78 is 28.9. The molecule has 0 saturated heterocycles. The van der Waals surface area contributed by atoms with Gasteiger partial charge in [-0.2, -0.15) is 0 Å². The normalized spacial score (nSPS) is 12.0. The predicted molar refractivity (Wildman–Crippen MR) is 90.4 cm³/mol. The zero-order chi connectivity index (χ0) is 16.9. The molecule has 0 unspecified atom stereocenters. The Labute approximate surface area is 134 Å². The van der Waals surface area contributed by atoms with Crippen LogP contribution >= 0.6 is 0 Å². The van der Waals surface area contributed by atoms with Crippen LogP contribution in [0.25, 0.3) is 11.0 Å². The maximum Gasteiger partial charge on any atom is 0.268 e. The molecule has 0 fully saturated rings. The molecule has 6 heteroatoms. The summed E-state index contributed by atoms with van der Waals surface area (Å²) >= 11 is 0. The molecule has 23 heavy (non-hydrogen) atoms. The maximum atomic E-state index is 13.1. The number of hydrogen-bond donors (Lipinski definition) is 0. The minimum Gasteiger partial charge on any atom is -0.310 e. The molecule has 0 aliphatic carbocycles. The summed E-state index contributed by atoms with van der Waals surface area (Å²) in [6, 6.07) is 9.72. The van der Waals surface area contributed by atoms with Gasteiger partial charge in [0.15, 0.2) is 0 Å². The van der Waals surface area contributed by atoms with E-state index < -0.39 is 10.0 Å². The minimum absolute atomic E-state index is 0.162. The third kappa shape index (κ3) is 2.21. The van der Waals surface area contributed by atoms with Gasteiger partial charge < -0.3 is 4.57 Å². The molecule has 0 saturated carbocycles. The lowest BCUT2D eigenvalue weighted by Crippen LogP contribution is -2.17. The van der Waals surface area contributed by atoms with E-state index in [0.29, 0.717) is 16.7 Å². The quantitative estimate of drug-likeness (QED) is 0.725. The number of benzene rings is 1. The molecule has 0 aliphatic heterocycles. The van der Waals surface area contributed by atoms with Crippen LogP contribution in [0, 0.1) is 20.8 Å². The van der Waals surface area contributed by atoms with E-state index in [0.717, 1.165) is 11.1 Å². The van der Waals surface area contributed by atoms with Crippen LogP contribution < -0.4 is 5.56 Å². The van der Waals surface area contributed by atoms with Gasteiger partial charge in [0.05, 0.1) is 15.9 Å². The number of pyridine rings is 1. The number of aryl methyl sites for hydroxylation is 3. The fourth-order valence-corrected chi connectivity index (χ4v) is 4.45. The Morgan fingerprint density at radius 1 is 0.913 bits per heavy atom. The van der Waals surface area contributed by atoms with E-state index in [-0.39, 0.29) is 10.5 Å². The number of fused-ring (bicyclic) bond motifs is 1. The number of hydrogen-bond acceptors (Lipinski definition) is 3. The van der Waals surface area contributed by atoms with Crippen molar-refractivity contribution in [1.29, 1.82) is 0 Å². The van der Waals surface area contributed by atoms with Gasteiger partial charge in [0, 0.05) is 18.8 Å². The fraction of sp³-hybridized carbons (Fsp3) is 0.235. The van der Waals surface area contributed by atoms with E-state index >= 15 is 0 Å². The Morgan fingerprint density at radius 2 is 1.52 bits per heavy atom. The van der Waals surface area contributed by atoms with E-state index in [2.05, 4.69) is 0 Å². The van der Waals surface area contributed by atoms with Crippen molar-refractivity contribution in [2.45, 2.75) is 25.7 Å². The van der Waals surface area contributed by atoms with Crippen LogP contribution in [0.3, 0.4) is 0 Å². The van der Waals surface area contributed by atoms with Crippen molar-refractivity contribution >= 4 is 21.1 Å². The van der Waals surface area contributed by atoms with Crippen LogP contribution in [0.5, 0.6) is 0 Å². The third-order valence-corrected chi connectivity index (χ3v) is 6.09. The molecule has 0 bridgehead atoms. The highest BCUT2D eigenvalue weighted by Crippen LogP contribution is 2.28. The second kappa shape index (κ2) is 5.09. The zero-order valence-electron chi connectivity index (χ0n) is 13.5. The fourth-order valence-electron chi connectivity index (χ4n) is 2.86. The third-order valence-electron chi connectivity index (χ3n) is 4.27. The minimum atomic E-state index is -3.72. The summed E-state index contributed by atoms with van der Waals surface area (Å²) in [7, 11) is -2.07. The van der Waals surface area contributed by atoms with Crippen LogP contribution in [0.15, 0.2) is 46.1 Å². The Morgan fingerprint density at radius 3 is 2.13 bits per heavy atom. The molecule has 0 radical (unpaired) electrons. The SMILES string of the molecule is Cc1ccc(S(=O)(=O)n2c(C)c(C)c3c2ccc(=O)n3C)cc1. The van der Waals surface area contributed by atoms with Gasteiger partial charge in [-0.05, 0) is 44.5 Å². The van der Waals surface area contributed by atoms with E-state index in [1.54, 1.807) is 44.3 Å². The summed E-state index contributed by atoms with van der Waals surface area (Å²) in [6.45, 7) is 5.50. The summed E-state index contributed by atoms with van der Waals surface area (Å²) in [6.07, 6.45) is 0. The van der Waals surface area contributed by atoms with E-state index in [1.807, 2.05) is 13.8 Å². The first kappa shape index (κ1) is 15.6. The van der Waals surface area contributed by atoms with Gasteiger partial charge in [-0.3, -0.25) is 4.79 Å². The van der Waals surface area contributed by atoms with Crippen LogP contribution in [-0.2, 0) is 17.1 Å². The average Bonchev–Trinajstić information content (AvgIpc) is 2.76. The van der Waals surface area contributed by atoms with Crippen LogP contribution in [-0.4, -0.2) is 17.0 Å². The molecule has 0 aliphatic rings. The van der Waals surface area contributed by atoms with Gasteiger partial charge in [-0.25, -0.2) is 12.4 Å². The molecule has 2 aromatic heterocycles. The van der Waals surface area contributed by atoms with Crippen molar-refractivity contribution in [2.75, 3.05) is 0 Å². The summed E-state index contributed by atoms with van der Waals surface area (Å²) in [5.74, 6) is 0. The first-order chi connectivity index (χ1) is 10.7. The molecular formula is C17H18N2O3S. The lowest BCUT2D eigenvalue weighted by atomic mass is 10.2. The lowest BCUT2D eigenvalue weighted by Gasteiger charge is -2.10. The van der Waals surface area contributed by atoms with Crippen molar-refractivity contribution in [3.8, 4) is 0 Å². The lowest BCUT2D eigenvalue weighted by molar-refractivity contribution is 0.588. The van der Waals surface area contributed by atoms with Crippen molar-refractivity contribution in [3.05, 3.63) is 63.6 Å². The highest BCUT2D eigenvalue weighted by molar-refractivity contribution is 7.90. The maximum absolute atomic E-state index is 13.1. The van der Waals surface area contributed by atoms with Gasteiger partial charge in [0.2, 0.25) is 0 Å². The average molecular weight is 330 g/mol. The molecule has 120 valence electrons. The summed E-state index contributed by atoms with van der Waals surface area (Å²) in [5, 5.41) is 0. The first-order valence-corrected chi connectivity index (χ1v) is 8.69. The van der Waals surface area contributed by atoms with E-state index in [1.165, 1.54) is 14.6 Å². The van der Waals surface area contributed by atoms with Crippen LogP contribution in [0.4, 0.5) is 0 Å². The first-order valence-electron chi connectivity index (χ1n) is 7.25. The van der Waals surface area contributed by atoms with Gasteiger partial charge in [0.25, 0.3) is 15.6 Å². The Bertz CT molecular complexity index is 1070. The molecule has 2 heterocycles. The van der Waals surface area contributed by atoms with Crippen molar-refractivity contribution in [1.82, 2.24) is 8.54 Å². The van der Waals surface area contributed by atoms with E-state index in [4.69, 9.17) is 0 Å². The van der Waals surface area contributed by atoms with Crippen molar-refractivity contribution < 1.29 is 8.42 Å². The highest BCUT2D eigenvalue weighted by Gasteiger charge is 2.24. The number of aromatic nitrogens is 2. The van der Waals surface area contributed by atoms with Gasteiger partial charge >= 0.3 is 0 Å². The Hall–Kier alpha value is -2.34. The molecular weight excluding hydrogens is 312 g/mol. The molecule has 3 aromatic rings. The summed E-state index contributed by atoms with van der Waals surface area (Å²) in [5.41, 5.74) is 3.40. The van der Waals surface area contributed by atoms with Crippen molar-refractivity contribution in [3.63, 3.8) is 0 Å².